The summed E-state index contributed by atoms with van der Waals surface area (Å²) in [7, 11) is 0. The molecule has 4 aliphatic rings. The molecule has 4 aromatic rings. The van der Waals surface area contributed by atoms with Gasteiger partial charge in [-0.05, 0) is 94.5 Å². The van der Waals surface area contributed by atoms with E-state index in [-0.39, 0.29) is 31.1 Å². The maximum atomic E-state index is 13.7. The Morgan fingerprint density at radius 2 is 1.72 bits per heavy atom. The topological polar surface area (TPSA) is 156 Å². The first-order valence-electron chi connectivity index (χ1n) is 18.0. The summed E-state index contributed by atoms with van der Waals surface area (Å²) in [5, 5.41) is 17.6. The summed E-state index contributed by atoms with van der Waals surface area (Å²) in [5.41, 5.74) is 5.26. The second-order valence-corrected chi connectivity index (χ2v) is 15.9. The molecule has 14 heteroatoms. The third-order valence-electron chi connectivity index (χ3n) is 10.8. The molecule has 1 saturated heterocycles. The molecule has 0 bridgehead atoms. The van der Waals surface area contributed by atoms with Crippen LogP contribution in [0.5, 0.6) is 0 Å². The highest BCUT2D eigenvalue weighted by molar-refractivity contribution is 7.19. The average molecular weight is 752 g/mol. The molecule has 8 rings (SSSR count). The monoisotopic (exact) mass is 751 g/mol. The van der Waals surface area contributed by atoms with Crippen molar-refractivity contribution < 1.29 is 24.0 Å². The summed E-state index contributed by atoms with van der Waals surface area (Å²) >= 11 is 7.91. The van der Waals surface area contributed by atoms with Gasteiger partial charge in [0.05, 0.1) is 21.8 Å². The molecule has 4 amide bonds. The number of carbonyl (C=O) groups is 5. The van der Waals surface area contributed by atoms with Crippen molar-refractivity contribution in [2.45, 2.75) is 90.3 Å². The van der Waals surface area contributed by atoms with Crippen LogP contribution in [0.15, 0.2) is 47.5 Å². The van der Waals surface area contributed by atoms with Crippen LogP contribution in [0, 0.1) is 19.8 Å². The molecule has 3 aliphatic heterocycles. The minimum absolute atomic E-state index is 0.0206. The first-order valence-corrected chi connectivity index (χ1v) is 19.2. The molecule has 53 heavy (non-hydrogen) atoms. The third kappa shape index (κ3) is 6.29. The van der Waals surface area contributed by atoms with Crippen LogP contribution < -0.4 is 10.6 Å². The fourth-order valence-electron chi connectivity index (χ4n) is 8.19. The Morgan fingerprint density at radius 1 is 0.962 bits per heavy atom. The summed E-state index contributed by atoms with van der Waals surface area (Å²) in [6.07, 6.45) is 4.80. The van der Waals surface area contributed by atoms with Crippen molar-refractivity contribution in [3.8, 4) is 5.00 Å². The van der Waals surface area contributed by atoms with Gasteiger partial charge in [-0.2, -0.15) is 0 Å². The third-order valence-corrected chi connectivity index (χ3v) is 12.3. The lowest BCUT2D eigenvalue weighted by Gasteiger charge is -2.30. The Balaban J connectivity index is 1.01. The van der Waals surface area contributed by atoms with Crippen LogP contribution in [0.1, 0.15) is 113 Å². The molecule has 1 unspecified atom stereocenters. The fraction of sp³-hybridized carbons (Fsp3) is 0.385. The van der Waals surface area contributed by atoms with E-state index in [2.05, 4.69) is 27.8 Å². The number of carbonyl (C=O) groups excluding carboxylic acids is 5. The zero-order valence-electron chi connectivity index (χ0n) is 29.6. The Hall–Kier alpha value is -5.01. The van der Waals surface area contributed by atoms with Crippen molar-refractivity contribution in [2.24, 2.45) is 10.9 Å². The summed E-state index contributed by atoms with van der Waals surface area (Å²) in [4.78, 5) is 69.9. The van der Waals surface area contributed by atoms with E-state index in [0.717, 1.165) is 74.4 Å². The van der Waals surface area contributed by atoms with Gasteiger partial charge in [0.25, 0.3) is 11.8 Å². The number of hydrogen-bond donors (Lipinski definition) is 2. The van der Waals surface area contributed by atoms with Crippen LogP contribution in [-0.4, -0.2) is 66.9 Å². The van der Waals surface area contributed by atoms with Crippen LogP contribution in [-0.2, 0) is 20.8 Å². The van der Waals surface area contributed by atoms with Crippen molar-refractivity contribution in [3.63, 3.8) is 0 Å². The molecule has 5 heterocycles. The number of fused-ring (bicyclic) bond motifs is 4. The SMILES string of the molecule is CC(=O)C[C@@H]1N=C(c2ccc(Cl)cc2)c2c(sc(NC3CCC(Cc4cccc5c4C(=O)N(C4CCC(=O)NC4=O)C5=O)CC3)c2C)-n2c(C)nnc21. The zero-order valence-corrected chi connectivity index (χ0v) is 31.1. The zero-order chi connectivity index (χ0) is 37.1. The summed E-state index contributed by atoms with van der Waals surface area (Å²) in [6, 6.07) is 11.7. The number of halogens is 1. The molecule has 1 aliphatic carbocycles. The number of imide groups is 2. The van der Waals surface area contributed by atoms with E-state index in [9.17, 15) is 24.0 Å². The molecule has 2 N–H and O–H groups in total. The number of nitrogens with zero attached hydrogens (tertiary/aromatic N) is 5. The Morgan fingerprint density at radius 3 is 2.43 bits per heavy atom. The maximum Gasteiger partial charge on any atom is 0.262 e. The number of thiophene rings is 1. The highest BCUT2D eigenvalue weighted by atomic mass is 35.5. The van der Waals surface area contributed by atoms with E-state index >= 15 is 0 Å². The number of ketones is 1. The minimum atomic E-state index is -0.985. The number of hydrogen-bond acceptors (Lipinski definition) is 10. The van der Waals surface area contributed by atoms with Gasteiger partial charge in [-0.3, -0.25) is 43.7 Å². The van der Waals surface area contributed by atoms with Crippen molar-refractivity contribution in [2.75, 3.05) is 5.32 Å². The number of aliphatic imine (C=N–C) groups is 1. The number of aryl methyl sites for hydroxylation is 1. The second-order valence-electron chi connectivity index (χ2n) is 14.4. The largest absolute Gasteiger partial charge is 0.374 e. The molecule has 2 atom stereocenters. The number of rotatable bonds is 8. The Labute approximate surface area is 315 Å². The molecule has 12 nitrogen and oxygen atoms in total. The highest BCUT2D eigenvalue weighted by Crippen LogP contribution is 2.44. The summed E-state index contributed by atoms with van der Waals surface area (Å²) in [6.45, 7) is 5.59. The first kappa shape index (κ1) is 35.0. The van der Waals surface area contributed by atoms with Gasteiger partial charge in [-0.15, -0.1) is 10.2 Å². The van der Waals surface area contributed by atoms with Gasteiger partial charge in [0.15, 0.2) is 5.82 Å². The predicted molar refractivity (Wildman–Crippen MR) is 200 cm³/mol. The lowest BCUT2D eigenvalue weighted by Crippen LogP contribution is -2.54. The quantitative estimate of drug-likeness (QED) is 0.205. The first-order chi connectivity index (χ1) is 25.5. The van der Waals surface area contributed by atoms with Gasteiger partial charge in [-0.1, -0.05) is 47.2 Å². The minimum Gasteiger partial charge on any atom is -0.374 e. The van der Waals surface area contributed by atoms with Gasteiger partial charge in [0.2, 0.25) is 11.8 Å². The van der Waals surface area contributed by atoms with E-state index in [4.69, 9.17) is 16.6 Å². The lowest BCUT2D eigenvalue weighted by atomic mass is 9.81. The number of benzene rings is 2. The van der Waals surface area contributed by atoms with Gasteiger partial charge in [0.1, 0.15) is 28.7 Å². The lowest BCUT2D eigenvalue weighted by molar-refractivity contribution is -0.136. The molecule has 0 radical (unpaired) electrons. The highest BCUT2D eigenvalue weighted by Gasteiger charge is 2.45. The normalized spacial score (nSPS) is 22.5. The maximum absolute atomic E-state index is 13.7. The van der Waals surface area contributed by atoms with Crippen LogP contribution in [0.2, 0.25) is 5.02 Å². The van der Waals surface area contributed by atoms with Gasteiger partial charge < -0.3 is 5.32 Å². The van der Waals surface area contributed by atoms with Crippen LogP contribution >= 0.6 is 22.9 Å². The van der Waals surface area contributed by atoms with Crippen molar-refractivity contribution >= 4 is 63.1 Å². The molecular weight excluding hydrogens is 714 g/mol. The van der Waals surface area contributed by atoms with Crippen molar-refractivity contribution in [1.29, 1.82) is 0 Å². The van der Waals surface area contributed by atoms with Crippen molar-refractivity contribution in [3.05, 3.63) is 92.5 Å². The smallest absolute Gasteiger partial charge is 0.262 e. The Bertz CT molecular complexity index is 2230. The van der Waals surface area contributed by atoms with E-state index < -0.39 is 35.7 Å². The molecule has 2 aromatic carbocycles. The number of anilines is 1. The fourth-order valence-corrected chi connectivity index (χ4v) is 9.66. The van der Waals surface area contributed by atoms with Crippen LogP contribution in [0.25, 0.3) is 5.00 Å². The molecule has 2 aromatic heterocycles. The average Bonchev–Trinajstić information content (AvgIpc) is 3.71. The van der Waals surface area contributed by atoms with E-state index in [1.54, 1.807) is 30.4 Å². The van der Waals surface area contributed by atoms with E-state index in [1.165, 1.54) is 0 Å². The molecule has 1 saturated carbocycles. The van der Waals surface area contributed by atoms with Crippen molar-refractivity contribution in [1.82, 2.24) is 25.0 Å². The molecule has 272 valence electrons. The summed E-state index contributed by atoms with van der Waals surface area (Å²) in [5.74, 6) is -0.237. The Kier molecular flexibility index (Phi) is 9.10. The number of Topliss-reactive ketones (excluding diaryl/α,β-unsaturated/α-hetero) is 1. The number of aromatic nitrogens is 3. The van der Waals surface area contributed by atoms with Crippen LogP contribution in [0.3, 0.4) is 0 Å². The van der Waals surface area contributed by atoms with Gasteiger partial charge >= 0.3 is 0 Å². The molecular formula is C39H38ClN7O5S. The number of amides is 4. The van der Waals surface area contributed by atoms with Crippen LogP contribution in [0.4, 0.5) is 5.00 Å². The summed E-state index contributed by atoms with van der Waals surface area (Å²) < 4.78 is 2.04. The predicted octanol–water partition coefficient (Wildman–Crippen LogP) is 6.08. The van der Waals surface area contributed by atoms with Gasteiger partial charge in [-0.25, -0.2) is 0 Å². The van der Waals surface area contributed by atoms with Gasteiger partial charge in [0, 0.05) is 35.0 Å². The van der Waals surface area contributed by atoms with E-state index in [1.807, 2.05) is 41.8 Å². The number of piperidine rings is 1. The van der Waals surface area contributed by atoms with E-state index in [0.29, 0.717) is 34.3 Å². The molecule has 2 fully saturated rings. The standard InChI is InChI=1S/C39H38ClN7O5S/c1-19(48)17-28-34-45-44-21(3)46(34)39-31(33(42-28)23-9-11-25(40)12-10-23)20(2)36(53-39)41-26-13-7-22(8-14-26)18-24-5-4-6-27-32(24)38(52)47(37(27)51)29-15-16-30(49)43-35(29)50/h4-6,9-12,22,26,28-29,41H,7-8,13-18H2,1-3H3,(H,43,49,50)/t22?,26?,28-,29?/m0/s1. The molecule has 0 spiro atoms. The number of nitrogens with one attached hydrogen (secondary N) is 2. The second kappa shape index (κ2) is 13.8.